The molecule has 3 rings (SSSR count). The van der Waals surface area contributed by atoms with Crippen molar-refractivity contribution in [3.8, 4) is 5.75 Å². The summed E-state index contributed by atoms with van der Waals surface area (Å²) in [6.07, 6.45) is 1.04. The lowest BCUT2D eigenvalue weighted by Crippen LogP contribution is -2.08. The summed E-state index contributed by atoms with van der Waals surface area (Å²) in [6, 6.07) is 10.7. The summed E-state index contributed by atoms with van der Waals surface area (Å²) >= 11 is 0. The molecular formula is C15H18O. The molecule has 2 aromatic carbocycles. The molecule has 0 radical (unpaired) electrons. The fourth-order valence-corrected chi connectivity index (χ4v) is 2.19. The standard InChI is InChI=1S/C13H12O.C2H6/c1-9-5-6-12-13-10(7-8-14-12)3-2-4-11(9)13;1-2/h2-6H,7-8H2,1H3;1-2H3. The van der Waals surface area contributed by atoms with Crippen molar-refractivity contribution in [2.24, 2.45) is 0 Å². The van der Waals surface area contributed by atoms with Crippen molar-refractivity contribution in [2.45, 2.75) is 27.2 Å². The van der Waals surface area contributed by atoms with Gasteiger partial charge in [-0.15, -0.1) is 0 Å². The molecule has 0 unspecified atom stereocenters. The van der Waals surface area contributed by atoms with E-state index < -0.39 is 0 Å². The first-order chi connectivity index (χ1) is 7.86. The van der Waals surface area contributed by atoms with Gasteiger partial charge in [-0.05, 0) is 29.5 Å². The summed E-state index contributed by atoms with van der Waals surface area (Å²) in [5.74, 6) is 1.05. The molecule has 16 heavy (non-hydrogen) atoms. The highest BCUT2D eigenvalue weighted by Gasteiger charge is 2.13. The van der Waals surface area contributed by atoms with Gasteiger partial charge in [-0.3, -0.25) is 0 Å². The van der Waals surface area contributed by atoms with Gasteiger partial charge in [-0.25, -0.2) is 0 Å². The number of hydrogen-bond donors (Lipinski definition) is 0. The topological polar surface area (TPSA) is 9.23 Å². The van der Waals surface area contributed by atoms with Gasteiger partial charge < -0.3 is 4.74 Å². The molecule has 0 bridgehead atoms. The highest BCUT2D eigenvalue weighted by atomic mass is 16.5. The van der Waals surface area contributed by atoms with Crippen LogP contribution in [0.25, 0.3) is 10.8 Å². The number of aryl methyl sites for hydroxylation is 1. The van der Waals surface area contributed by atoms with Crippen molar-refractivity contribution >= 4 is 10.8 Å². The van der Waals surface area contributed by atoms with Crippen molar-refractivity contribution in [3.63, 3.8) is 0 Å². The summed E-state index contributed by atoms with van der Waals surface area (Å²) in [5.41, 5.74) is 2.75. The van der Waals surface area contributed by atoms with Crippen LogP contribution in [0.1, 0.15) is 25.0 Å². The van der Waals surface area contributed by atoms with E-state index >= 15 is 0 Å². The molecule has 1 heterocycles. The van der Waals surface area contributed by atoms with Crippen molar-refractivity contribution in [2.75, 3.05) is 6.61 Å². The molecule has 0 amide bonds. The van der Waals surface area contributed by atoms with Crippen LogP contribution >= 0.6 is 0 Å². The molecule has 0 N–H and O–H groups in total. The van der Waals surface area contributed by atoms with Gasteiger partial charge in [-0.1, -0.05) is 38.1 Å². The van der Waals surface area contributed by atoms with Crippen LogP contribution in [0.3, 0.4) is 0 Å². The van der Waals surface area contributed by atoms with Gasteiger partial charge in [0.05, 0.1) is 6.61 Å². The minimum atomic E-state index is 0.815. The molecule has 0 spiro atoms. The molecule has 1 aliphatic rings. The fraction of sp³-hybridized carbons (Fsp3) is 0.333. The first kappa shape index (κ1) is 11.0. The lowest BCUT2D eigenvalue weighted by Gasteiger charge is -2.19. The summed E-state index contributed by atoms with van der Waals surface area (Å²) in [5, 5.41) is 2.65. The number of benzene rings is 2. The average Bonchev–Trinajstić information content (AvgIpc) is 2.37. The lowest BCUT2D eigenvalue weighted by molar-refractivity contribution is 0.318. The van der Waals surface area contributed by atoms with Crippen LogP contribution in [0, 0.1) is 6.92 Å². The third kappa shape index (κ3) is 1.67. The molecule has 0 saturated heterocycles. The molecule has 0 saturated carbocycles. The van der Waals surface area contributed by atoms with Gasteiger partial charge in [0.25, 0.3) is 0 Å². The largest absolute Gasteiger partial charge is 0.493 e. The molecular weight excluding hydrogens is 196 g/mol. The highest BCUT2D eigenvalue weighted by Crippen LogP contribution is 2.34. The van der Waals surface area contributed by atoms with Crippen LogP contribution in [0.4, 0.5) is 0 Å². The maximum atomic E-state index is 5.65. The molecule has 0 atom stereocenters. The van der Waals surface area contributed by atoms with Crippen molar-refractivity contribution in [1.29, 1.82) is 0 Å². The van der Waals surface area contributed by atoms with Gasteiger partial charge in [0.2, 0.25) is 0 Å². The Morgan fingerprint density at radius 2 is 1.88 bits per heavy atom. The monoisotopic (exact) mass is 214 g/mol. The second-order valence-electron chi connectivity index (χ2n) is 3.82. The van der Waals surface area contributed by atoms with Gasteiger partial charge in [-0.2, -0.15) is 0 Å². The molecule has 1 nitrogen and oxygen atoms in total. The second-order valence-corrected chi connectivity index (χ2v) is 3.82. The summed E-state index contributed by atoms with van der Waals surface area (Å²) in [6.45, 7) is 6.96. The SMILES string of the molecule is CC.Cc1ccc2c3c(cccc13)CCO2. The molecule has 2 aromatic rings. The van der Waals surface area contributed by atoms with Crippen LogP contribution in [-0.2, 0) is 6.42 Å². The predicted octanol–water partition coefficient (Wildman–Crippen LogP) is 4.11. The third-order valence-corrected chi connectivity index (χ3v) is 2.94. The Hall–Kier alpha value is -1.50. The zero-order chi connectivity index (χ0) is 11.5. The Kier molecular flexibility index (Phi) is 3.14. The summed E-state index contributed by atoms with van der Waals surface area (Å²) < 4.78 is 5.65. The van der Waals surface area contributed by atoms with E-state index in [1.807, 2.05) is 13.8 Å². The van der Waals surface area contributed by atoms with Crippen LogP contribution in [-0.4, -0.2) is 6.61 Å². The Morgan fingerprint density at radius 1 is 1.06 bits per heavy atom. The van der Waals surface area contributed by atoms with E-state index in [1.165, 1.54) is 21.9 Å². The highest BCUT2D eigenvalue weighted by molar-refractivity contribution is 5.94. The van der Waals surface area contributed by atoms with E-state index in [4.69, 9.17) is 4.74 Å². The maximum absolute atomic E-state index is 5.65. The van der Waals surface area contributed by atoms with Crippen LogP contribution in [0.2, 0.25) is 0 Å². The maximum Gasteiger partial charge on any atom is 0.127 e. The van der Waals surface area contributed by atoms with Crippen molar-refractivity contribution in [1.82, 2.24) is 0 Å². The molecule has 0 aliphatic carbocycles. The first-order valence-electron chi connectivity index (χ1n) is 6.00. The van der Waals surface area contributed by atoms with E-state index in [0.717, 1.165) is 18.8 Å². The van der Waals surface area contributed by atoms with E-state index in [9.17, 15) is 0 Å². The molecule has 84 valence electrons. The smallest absolute Gasteiger partial charge is 0.127 e. The lowest BCUT2D eigenvalue weighted by atomic mass is 9.97. The minimum absolute atomic E-state index is 0.815. The van der Waals surface area contributed by atoms with E-state index in [1.54, 1.807) is 0 Å². The Morgan fingerprint density at radius 3 is 2.69 bits per heavy atom. The number of rotatable bonds is 0. The quantitative estimate of drug-likeness (QED) is 0.641. The van der Waals surface area contributed by atoms with Gasteiger partial charge in [0.1, 0.15) is 5.75 Å². The molecule has 0 aromatic heterocycles. The van der Waals surface area contributed by atoms with E-state index in [2.05, 4.69) is 37.3 Å². The first-order valence-corrected chi connectivity index (χ1v) is 6.00. The van der Waals surface area contributed by atoms with Gasteiger partial charge >= 0.3 is 0 Å². The van der Waals surface area contributed by atoms with Crippen molar-refractivity contribution in [3.05, 3.63) is 41.5 Å². The van der Waals surface area contributed by atoms with Crippen molar-refractivity contribution < 1.29 is 4.74 Å². The fourth-order valence-electron chi connectivity index (χ4n) is 2.19. The normalized spacial score (nSPS) is 12.7. The summed E-state index contributed by atoms with van der Waals surface area (Å²) in [7, 11) is 0. The van der Waals surface area contributed by atoms with Crippen LogP contribution in [0.5, 0.6) is 5.75 Å². The third-order valence-electron chi connectivity index (χ3n) is 2.94. The van der Waals surface area contributed by atoms with Gasteiger partial charge in [0.15, 0.2) is 0 Å². The van der Waals surface area contributed by atoms with Gasteiger partial charge in [0, 0.05) is 11.8 Å². The molecule has 1 aliphatic heterocycles. The Bertz CT molecular complexity index is 490. The molecule has 0 fully saturated rings. The predicted molar refractivity (Wildman–Crippen MR) is 69.2 cm³/mol. The second kappa shape index (κ2) is 4.56. The number of ether oxygens (including phenoxy) is 1. The number of hydrogen-bond acceptors (Lipinski definition) is 1. The minimum Gasteiger partial charge on any atom is -0.493 e. The van der Waals surface area contributed by atoms with E-state index in [-0.39, 0.29) is 0 Å². The Balaban J connectivity index is 0.000000457. The van der Waals surface area contributed by atoms with Crippen LogP contribution in [0.15, 0.2) is 30.3 Å². The Labute approximate surface area is 97.1 Å². The molecule has 1 heteroatoms. The zero-order valence-electron chi connectivity index (χ0n) is 10.2. The summed E-state index contributed by atoms with van der Waals surface area (Å²) in [4.78, 5) is 0. The average molecular weight is 214 g/mol. The zero-order valence-corrected chi connectivity index (χ0v) is 10.2. The van der Waals surface area contributed by atoms with Crippen LogP contribution < -0.4 is 4.74 Å². The van der Waals surface area contributed by atoms with E-state index in [0.29, 0.717) is 0 Å².